The third-order valence-corrected chi connectivity index (χ3v) is 4.55. The van der Waals surface area contributed by atoms with Gasteiger partial charge in [0.25, 0.3) is 5.91 Å². The van der Waals surface area contributed by atoms with Crippen LogP contribution in [0.3, 0.4) is 0 Å². The summed E-state index contributed by atoms with van der Waals surface area (Å²) in [5.74, 6) is 0.836. The van der Waals surface area contributed by atoms with Crippen LogP contribution in [0.25, 0.3) is 0 Å². The zero-order chi connectivity index (χ0) is 18.2. The summed E-state index contributed by atoms with van der Waals surface area (Å²) in [4.78, 5) is 16.3. The third-order valence-electron chi connectivity index (χ3n) is 4.55. The Morgan fingerprint density at radius 3 is 2.76 bits per heavy atom. The Balaban J connectivity index is 1.75. The lowest BCUT2D eigenvalue weighted by Crippen LogP contribution is -2.42. The first-order chi connectivity index (χ1) is 12.0. The highest BCUT2D eigenvalue weighted by atomic mass is 16.5. The summed E-state index contributed by atoms with van der Waals surface area (Å²) >= 11 is 0. The van der Waals surface area contributed by atoms with Crippen LogP contribution in [0.4, 0.5) is 0 Å². The Bertz CT molecular complexity index is 604. The second kappa shape index (κ2) is 9.40. The van der Waals surface area contributed by atoms with Crippen molar-refractivity contribution >= 4 is 5.91 Å². The number of β-amino-alcohol motifs (C(OH)–C–C–N with tert-alkyl or cyclic N) is 1. The Labute approximate surface area is 149 Å². The topological polar surface area (TPSA) is 76.8 Å². The van der Waals surface area contributed by atoms with Gasteiger partial charge in [-0.1, -0.05) is 12.1 Å². The molecule has 0 aromatic heterocycles. The van der Waals surface area contributed by atoms with Crippen LogP contribution in [0.2, 0.25) is 0 Å². The fourth-order valence-corrected chi connectivity index (χ4v) is 3.15. The number of ether oxygens (including phenoxy) is 1. The van der Waals surface area contributed by atoms with Gasteiger partial charge < -0.3 is 19.6 Å². The van der Waals surface area contributed by atoms with Crippen molar-refractivity contribution in [3.63, 3.8) is 0 Å². The number of piperidine rings is 1. The Morgan fingerprint density at radius 2 is 2.12 bits per heavy atom. The van der Waals surface area contributed by atoms with Crippen LogP contribution in [0.1, 0.15) is 25.3 Å². The molecule has 1 amide bonds. The van der Waals surface area contributed by atoms with Gasteiger partial charge in [0.2, 0.25) is 0 Å². The molecular weight excluding hydrogens is 318 g/mol. The highest BCUT2D eigenvalue weighted by Crippen LogP contribution is 2.19. The minimum atomic E-state index is -0.297. The minimum Gasteiger partial charge on any atom is -0.482 e. The number of nitriles is 1. The van der Waals surface area contributed by atoms with E-state index in [0.717, 1.165) is 25.9 Å². The number of nitrogens with zero attached hydrogens (tertiary/aromatic N) is 3. The number of hydrogen-bond donors (Lipinski definition) is 1. The summed E-state index contributed by atoms with van der Waals surface area (Å²) in [5.41, 5.74) is 0.434. The third kappa shape index (κ3) is 6.04. The molecule has 0 unspecified atom stereocenters. The summed E-state index contributed by atoms with van der Waals surface area (Å²) in [6, 6.07) is 8.98. The first-order valence-electron chi connectivity index (χ1n) is 8.76. The molecule has 0 saturated carbocycles. The van der Waals surface area contributed by atoms with Crippen LogP contribution in [-0.2, 0) is 4.79 Å². The monoisotopic (exact) mass is 345 g/mol. The van der Waals surface area contributed by atoms with E-state index < -0.39 is 0 Å². The molecule has 1 aromatic carbocycles. The van der Waals surface area contributed by atoms with Crippen molar-refractivity contribution in [2.75, 3.05) is 39.8 Å². The average Bonchev–Trinajstić information content (AvgIpc) is 2.61. The molecule has 0 bridgehead atoms. The van der Waals surface area contributed by atoms with E-state index in [2.05, 4.69) is 11.0 Å². The van der Waals surface area contributed by atoms with Crippen molar-refractivity contribution in [1.29, 1.82) is 5.26 Å². The lowest BCUT2D eigenvalue weighted by Gasteiger charge is -2.34. The maximum atomic E-state index is 12.3. The second-order valence-corrected chi connectivity index (χ2v) is 6.76. The zero-order valence-corrected chi connectivity index (χ0v) is 15.0. The highest BCUT2D eigenvalue weighted by Gasteiger charge is 2.22. The van der Waals surface area contributed by atoms with Gasteiger partial charge in [0.15, 0.2) is 6.61 Å². The van der Waals surface area contributed by atoms with Crippen molar-refractivity contribution in [2.45, 2.75) is 25.9 Å². The van der Waals surface area contributed by atoms with Crippen LogP contribution in [-0.4, -0.2) is 66.8 Å². The molecule has 1 aliphatic rings. The molecule has 1 N–H and O–H groups in total. The summed E-state index contributed by atoms with van der Waals surface area (Å²) in [6.07, 6.45) is 1.76. The maximum Gasteiger partial charge on any atom is 0.260 e. The van der Waals surface area contributed by atoms with Crippen molar-refractivity contribution in [2.24, 2.45) is 5.92 Å². The molecule has 1 aliphatic heterocycles. The molecule has 1 heterocycles. The second-order valence-electron chi connectivity index (χ2n) is 6.76. The number of likely N-dealkylation sites (tertiary alicyclic amines) is 1. The van der Waals surface area contributed by atoms with Gasteiger partial charge in [0.1, 0.15) is 11.8 Å². The zero-order valence-electron chi connectivity index (χ0n) is 15.0. The number of benzene rings is 1. The highest BCUT2D eigenvalue weighted by molar-refractivity contribution is 5.77. The van der Waals surface area contributed by atoms with Crippen LogP contribution in [0.5, 0.6) is 5.75 Å². The molecule has 136 valence electrons. The largest absolute Gasteiger partial charge is 0.482 e. The Hall–Kier alpha value is -2.10. The minimum absolute atomic E-state index is 0.0595. The van der Waals surface area contributed by atoms with Crippen molar-refractivity contribution in [3.05, 3.63) is 29.8 Å². The number of likely N-dealkylation sites (N-methyl/N-ethyl adjacent to an activating group) is 1. The predicted molar refractivity (Wildman–Crippen MR) is 95.1 cm³/mol. The van der Waals surface area contributed by atoms with Gasteiger partial charge in [-0.15, -0.1) is 0 Å². The molecule has 6 heteroatoms. The number of aliphatic hydroxyl groups is 1. The van der Waals surface area contributed by atoms with Gasteiger partial charge in [-0.25, -0.2) is 0 Å². The first-order valence-corrected chi connectivity index (χ1v) is 8.76. The smallest absolute Gasteiger partial charge is 0.260 e. The van der Waals surface area contributed by atoms with Crippen LogP contribution in [0, 0.1) is 17.2 Å². The van der Waals surface area contributed by atoms with Crippen LogP contribution >= 0.6 is 0 Å². The maximum absolute atomic E-state index is 12.3. The number of amides is 1. The number of carbonyl (C=O) groups is 1. The number of aliphatic hydroxyl groups excluding tert-OH is 1. The van der Waals surface area contributed by atoms with Gasteiger partial charge in [-0.05, 0) is 50.9 Å². The van der Waals surface area contributed by atoms with Crippen molar-refractivity contribution in [3.8, 4) is 11.8 Å². The van der Waals surface area contributed by atoms with E-state index in [-0.39, 0.29) is 18.6 Å². The lowest BCUT2D eigenvalue weighted by atomic mass is 9.96. The molecule has 2 rings (SSSR count). The molecule has 1 saturated heterocycles. The fraction of sp³-hybridized carbons (Fsp3) is 0.579. The quantitative estimate of drug-likeness (QED) is 0.810. The summed E-state index contributed by atoms with van der Waals surface area (Å²) < 4.78 is 5.51. The summed E-state index contributed by atoms with van der Waals surface area (Å²) in [6.45, 7) is 5.10. The number of rotatable bonds is 7. The molecule has 1 fully saturated rings. The molecule has 6 nitrogen and oxygen atoms in total. The summed E-state index contributed by atoms with van der Waals surface area (Å²) in [7, 11) is 1.80. The molecule has 0 aliphatic carbocycles. The molecule has 0 spiro atoms. The SMILES string of the molecule is C[C@@H](O)CN1CCC(CN(C)C(=O)COc2ccccc2C#N)CC1. The van der Waals surface area contributed by atoms with E-state index in [1.165, 1.54) is 0 Å². The first kappa shape index (κ1) is 19.2. The number of para-hydroxylation sites is 1. The van der Waals surface area contributed by atoms with Gasteiger partial charge in [0, 0.05) is 20.1 Å². The Kier molecular flexibility index (Phi) is 7.23. The molecule has 25 heavy (non-hydrogen) atoms. The van der Waals surface area contributed by atoms with Crippen LogP contribution in [0.15, 0.2) is 24.3 Å². The molecule has 1 aromatic rings. The van der Waals surface area contributed by atoms with E-state index in [1.54, 1.807) is 36.2 Å². The molecule has 0 radical (unpaired) electrons. The van der Waals surface area contributed by atoms with Crippen LogP contribution < -0.4 is 4.74 Å². The van der Waals surface area contributed by atoms with Crippen molar-refractivity contribution < 1.29 is 14.6 Å². The number of carbonyl (C=O) groups excluding carboxylic acids is 1. The van der Waals surface area contributed by atoms with Gasteiger partial charge in [0.05, 0.1) is 11.7 Å². The van der Waals surface area contributed by atoms with E-state index in [0.29, 0.717) is 30.3 Å². The van der Waals surface area contributed by atoms with E-state index >= 15 is 0 Å². The van der Waals surface area contributed by atoms with Gasteiger partial charge in [-0.2, -0.15) is 5.26 Å². The van der Waals surface area contributed by atoms with Gasteiger partial charge >= 0.3 is 0 Å². The lowest BCUT2D eigenvalue weighted by molar-refractivity contribution is -0.132. The summed E-state index contributed by atoms with van der Waals surface area (Å²) in [5, 5.41) is 18.5. The average molecular weight is 345 g/mol. The van der Waals surface area contributed by atoms with E-state index in [9.17, 15) is 9.90 Å². The fourth-order valence-electron chi connectivity index (χ4n) is 3.15. The van der Waals surface area contributed by atoms with E-state index in [1.807, 2.05) is 6.92 Å². The predicted octanol–water partition coefficient (Wildman–Crippen LogP) is 1.49. The Morgan fingerprint density at radius 1 is 1.44 bits per heavy atom. The molecular formula is C19H27N3O3. The normalized spacial score (nSPS) is 16.9. The standard InChI is InChI=1S/C19H27N3O3/c1-15(23)12-22-9-7-16(8-10-22)13-21(2)19(24)14-25-18-6-4-3-5-17(18)11-20/h3-6,15-16,23H,7-10,12-14H2,1-2H3/t15-/m1/s1. The van der Waals surface area contributed by atoms with Gasteiger partial charge in [-0.3, -0.25) is 4.79 Å². The van der Waals surface area contributed by atoms with Crippen molar-refractivity contribution in [1.82, 2.24) is 9.80 Å². The van der Waals surface area contributed by atoms with E-state index in [4.69, 9.17) is 10.00 Å². The molecule has 1 atom stereocenters. The number of hydrogen-bond acceptors (Lipinski definition) is 5.